The topological polar surface area (TPSA) is 368 Å². The van der Waals surface area contributed by atoms with E-state index in [2.05, 4.69) is 0 Å². The molecule has 6 aliphatic rings. The molecule has 117 heavy (non-hydrogen) atoms. The summed E-state index contributed by atoms with van der Waals surface area (Å²) in [5.41, 5.74) is -18.0. The van der Waals surface area contributed by atoms with Gasteiger partial charge in [0, 0.05) is 94.7 Å². The van der Waals surface area contributed by atoms with Crippen molar-refractivity contribution in [1.82, 2.24) is 40.8 Å². The van der Waals surface area contributed by atoms with Gasteiger partial charge in [-0.3, -0.25) is 0 Å². The molecule has 48 heteroatoms. The van der Waals surface area contributed by atoms with Gasteiger partial charge in [-0.05, 0) is 129 Å². The maximum atomic E-state index is 14.6. The van der Waals surface area contributed by atoms with E-state index in [0.717, 1.165) is 49.3 Å². The number of hydrogen-bond donors (Lipinski definition) is 3. The van der Waals surface area contributed by atoms with Gasteiger partial charge in [-0.25, -0.2) is 103 Å². The molecule has 3 saturated heterocycles. The lowest BCUT2D eigenvalue weighted by Crippen LogP contribution is -2.44. The number of sulfone groups is 3. The number of aromatic nitrogens is 3. The van der Waals surface area contributed by atoms with Gasteiger partial charge in [-0.2, -0.15) is 52.4 Å². The Morgan fingerprint density at radius 1 is 0.308 bits per heavy atom. The molecule has 9 aromatic rings. The highest BCUT2D eigenvalue weighted by Crippen LogP contribution is 2.58. The van der Waals surface area contributed by atoms with E-state index >= 15 is 0 Å². The molecule has 6 fully saturated rings. The smallest absolute Gasteiger partial charge is 0.332 e. The van der Waals surface area contributed by atoms with E-state index in [4.69, 9.17) is 0 Å². The molecule has 0 bridgehead atoms. The number of piperidine rings is 3. The van der Waals surface area contributed by atoms with Gasteiger partial charge >= 0.3 is 46.6 Å². The number of fused-ring (bicyclic) bond motifs is 3. The maximum Gasteiger partial charge on any atom is 0.511 e. The Balaban J connectivity index is 0.000000152. The molecule has 0 amide bonds. The van der Waals surface area contributed by atoms with Crippen LogP contribution in [0.2, 0.25) is 0 Å². The number of rotatable bonds is 18. The zero-order chi connectivity index (χ0) is 85.8. The standard InChI is InChI=1S/3C23H23F4N3O6S3/c3*1-29-17-8-4-2-6-15(17)20(37(31,32)18-9-5-3-7-16(18)24)21(29)38(33,34)30-12-10-22(11-13-30)14-19(22)28-39(35,36)23(25,26)27/h3*2-9,19,28H,10-14H2,1H3/t2*19-;/m10./s1. The molecule has 0 radical (unpaired) electrons. The predicted octanol–water partition coefficient (Wildman–Crippen LogP) is 9.40. The number of nitrogens with one attached hydrogen (secondary N) is 3. The second kappa shape index (κ2) is 29.6. The van der Waals surface area contributed by atoms with Gasteiger partial charge in [0.2, 0.25) is 29.5 Å². The molecule has 3 aliphatic heterocycles. The highest BCUT2D eigenvalue weighted by Gasteiger charge is 2.64. The normalized spacial score (nSPS) is 20.5. The minimum atomic E-state index is -5.55. The van der Waals surface area contributed by atoms with Crippen molar-refractivity contribution in [1.29, 1.82) is 0 Å². The van der Waals surface area contributed by atoms with Crippen molar-refractivity contribution < 1.29 is 128 Å². The Labute approximate surface area is 663 Å². The molecule has 3 atom stereocenters. The van der Waals surface area contributed by atoms with Crippen LogP contribution in [0.15, 0.2) is 190 Å². The molecule has 27 nitrogen and oxygen atoms in total. The summed E-state index contributed by atoms with van der Waals surface area (Å²) in [6, 6.07) is 29.1. The predicted molar refractivity (Wildman–Crippen MR) is 395 cm³/mol. The monoisotopic (exact) mass is 1830 g/mol. The lowest BCUT2D eigenvalue weighted by Gasteiger charge is -2.32. The number of aryl methyl sites for hydroxylation is 3. The summed E-state index contributed by atoms with van der Waals surface area (Å²) in [6.45, 7) is -1.04. The fourth-order valence-corrected chi connectivity index (χ4v) is 30.3. The molecule has 3 saturated carbocycles. The summed E-state index contributed by atoms with van der Waals surface area (Å²) in [6.07, 6.45) is 0.763. The number of halogens is 12. The maximum absolute atomic E-state index is 14.6. The first kappa shape index (κ1) is 87.2. The van der Waals surface area contributed by atoms with Crippen LogP contribution in [0.25, 0.3) is 32.7 Å². The van der Waals surface area contributed by atoms with Crippen LogP contribution in [0.5, 0.6) is 0 Å². The molecule has 15 rings (SSSR count). The van der Waals surface area contributed by atoms with Gasteiger partial charge < -0.3 is 13.7 Å². The summed E-state index contributed by atoms with van der Waals surface area (Å²) in [4.78, 5) is -3.79. The van der Waals surface area contributed by atoms with Crippen LogP contribution in [-0.2, 0) is 111 Å². The first-order chi connectivity index (χ1) is 54.1. The van der Waals surface area contributed by atoms with E-state index in [0.29, 0.717) is 0 Å². The average molecular weight is 1830 g/mol. The van der Waals surface area contributed by atoms with Crippen molar-refractivity contribution in [2.24, 2.45) is 37.4 Å². The molecule has 1 unspecified atom stereocenters. The summed E-state index contributed by atoms with van der Waals surface area (Å²) in [5, 5.41) is -1.44. The Bertz CT molecular complexity index is 6010. The fraction of sp³-hybridized carbons (Fsp3) is 0.391. The van der Waals surface area contributed by atoms with Crippen molar-refractivity contribution in [2.75, 3.05) is 39.3 Å². The van der Waals surface area contributed by atoms with Gasteiger partial charge in [0.1, 0.15) is 46.8 Å². The second-order valence-corrected chi connectivity index (χ2v) is 45.4. The van der Waals surface area contributed by atoms with Crippen LogP contribution in [0.4, 0.5) is 52.7 Å². The van der Waals surface area contributed by atoms with E-state index < -0.39 is 202 Å². The molecule has 3 N–H and O–H groups in total. The highest BCUT2D eigenvalue weighted by molar-refractivity contribution is 7.95. The van der Waals surface area contributed by atoms with E-state index in [9.17, 15) is 128 Å². The third-order valence-electron chi connectivity index (χ3n) is 22.5. The van der Waals surface area contributed by atoms with Crippen LogP contribution < -0.4 is 14.2 Å². The Hall–Kier alpha value is -7.59. The van der Waals surface area contributed by atoms with Crippen LogP contribution in [0, 0.1) is 33.7 Å². The lowest BCUT2D eigenvalue weighted by atomic mass is 9.94. The summed E-state index contributed by atoms with van der Waals surface area (Å²) in [7, 11) is -40.0. The zero-order valence-electron chi connectivity index (χ0n) is 60.9. The third-order valence-corrected chi connectivity index (χ3v) is 38.1. The van der Waals surface area contributed by atoms with Crippen molar-refractivity contribution in [2.45, 2.75) is 137 Å². The van der Waals surface area contributed by atoms with E-state index in [-0.39, 0.29) is 130 Å². The van der Waals surface area contributed by atoms with Crippen molar-refractivity contribution in [3.8, 4) is 0 Å². The van der Waals surface area contributed by atoms with Crippen molar-refractivity contribution >= 4 is 122 Å². The minimum Gasteiger partial charge on any atom is -0.332 e. The average Bonchev–Trinajstić information content (AvgIpc) is 1.57. The SMILES string of the molecule is Cn1c(S(=O)(=O)N2CCC3(CC2)CC3NS(=O)(=O)C(F)(F)F)c(S(=O)(=O)c2ccccc2F)c2ccccc21.Cn1c(S(=O)(=O)N2CCC3(CC2)C[C@@H]3NS(=O)(=O)C(F)(F)F)c(S(=O)(=O)c2ccccc2F)c2ccccc21.Cn1c(S(=O)(=O)N2CCC3(CC2)C[C@H]3NS(=O)(=O)C(F)(F)F)c(S(=O)(=O)c2ccccc2F)c2ccccc21. The Morgan fingerprint density at radius 2 is 0.504 bits per heavy atom. The lowest BCUT2D eigenvalue weighted by molar-refractivity contribution is -0.0455. The van der Waals surface area contributed by atoms with Crippen molar-refractivity contribution in [3.05, 3.63) is 163 Å². The molecular weight excluding hydrogens is 1760 g/mol. The quantitative estimate of drug-likeness (QED) is 0.0673. The summed E-state index contributed by atoms with van der Waals surface area (Å²) >= 11 is 0. The van der Waals surface area contributed by atoms with Crippen molar-refractivity contribution in [3.63, 3.8) is 0 Å². The molecule has 6 heterocycles. The third kappa shape index (κ3) is 15.3. The zero-order valence-corrected chi connectivity index (χ0v) is 68.3. The van der Waals surface area contributed by atoms with Gasteiger partial charge in [-0.15, -0.1) is 0 Å². The van der Waals surface area contributed by atoms with Gasteiger partial charge in [0.25, 0.3) is 30.1 Å². The van der Waals surface area contributed by atoms with Gasteiger partial charge in [0.15, 0.2) is 15.1 Å². The first-order valence-electron chi connectivity index (χ1n) is 35.1. The summed E-state index contributed by atoms with van der Waals surface area (Å²) in [5.74, 6) is -3.14. The van der Waals surface area contributed by atoms with E-state index in [1.807, 2.05) is 0 Å². The fourth-order valence-electron chi connectivity index (χ4n) is 15.8. The molecule has 3 spiro atoms. The number of hydrogen-bond acceptors (Lipinski definition) is 18. The van der Waals surface area contributed by atoms with Gasteiger partial charge in [0.05, 0.1) is 16.6 Å². The number of benzene rings is 6. The molecule has 3 aromatic heterocycles. The van der Waals surface area contributed by atoms with Crippen LogP contribution in [-0.4, -0.2) is 176 Å². The molecule has 6 aromatic carbocycles. The second-order valence-electron chi connectivity index (χ2n) is 29.2. The Kier molecular flexibility index (Phi) is 22.1. The van der Waals surface area contributed by atoms with E-state index in [1.54, 1.807) is 32.4 Å². The van der Waals surface area contributed by atoms with Crippen LogP contribution in [0.3, 0.4) is 0 Å². The van der Waals surface area contributed by atoms with Crippen LogP contribution in [0.1, 0.15) is 57.8 Å². The molecule has 3 aliphatic carbocycles. The first-order valence-corrected chi connectivity index (χ1v) is 48.3. The van der Waals surface area contributed by atoms with Gasteiger partial charge in [-0.1, -0.05) is 91.0 Å². The highest BCUT2D eigenvalue weighted by atomic mass is 32.2. The molecule has 636 valence electrons. The largest absolute Gasteiger partial charge is 0.511 e. The van der Waals surface area contributed by atoms with Crippen LogP contribution >= 0.6 is 0 Å². The van der Waals surface area contributed by atoms with E-state index in [1.165, 1.54) is 126 Å². The number of alkyl halides is 9. The number of sulfonamides is 6. The number of para-hydroxylation sites is 3. The summed E-state index contributed by atoms with van der Waals surface area (Å²) < 4.78 is 405. The number of nitrogens with zero attached hydrogens (tertiary/aromatic N) is 6. The minimum absolute atomic E-state index is 0.0661. The molecular formula is C69H69F12N9O18S9. The Morgan fingerprint density at radius 3 is 0.709 bits per heavy atom.